The Labute approximate surface area is 150 Å². The molecule has 0 aliphatic heterocycles. The highest BCUT2D eigenvalue weighted by Gasteiger charge is 2.24. The van der Waals surface area contributed by atoms with Crippen molar-refractivity contribution in [1.29, 1.82) is 0 Å². The van der Waals surface area contributed by atoms with Gasteiger partial charge in [0.25, 0.3) is 10.0 Å². The lowest BCUT2D eigenvalue weighted by Crippen LogP contribution is -2.30. The zero-order valence-corrected chi connectivity index (χ0v) is 16.2. The van der Waals surface area contributed by atoms with Crippen molar-refractivity contribution in [3.63, 3.8) is 0 Å². The molecule has 0 aliphatic carbocycles. The van der Waals surface area contributed by atoms with Crippen LogP contribution in [0.3, 0.4) is 0 Å². The summed E-state index contributed by atoms with van der Waals surface area (Å²) in [7, 11) is -2.12. The number of sulfonamides is 1. The number of aryl methyl sites for hydroxylation is 1. The van der Waals surface area contributed by atoms with Crippen molar-refractivity contribution in [2.45, 2.75) is 18.7 Å². The summed E-state index contributed by atoms with van der Waals surface area (Å²) >= 11 is 9.40. The summed E-state index contributed by atoms with van der Waals surface area (Å²) in [5, 5.41) is 0.460. The van der Waals surface area contributed by atoms with Crippen LogP contribution in [0.1, 0.15) is 12.5 Å². The summed E-state index contributed by atoms with van der Waals surface area (Å²) in [6.45, 7) is 3.89. The molecule has 0 saturated heterocycles. The average molecular weight is 419 g/mol. The van der Waals surface area contributed by atoms with Gasteiger partial charge in [-0.05, 0) is 71.7 Å². The third kappa shape index (κ3) is 3.65. The summed E-state index contributed by atoms with van der Waals surface area (Å²) in [4.78, 5) is 0.219. The van der Waals surface area contributed by atoms with Gasteiger partial charge in [-0.2, -0.15) is 0 Å². The van der Waals surface area contributed by atoms with Gasteiger partial charge in [-0.3, -0.25) is 4.31 Å². The summed E-state index contributed by atoms with van der Waals surface area (Å²) in [6.07, 6.45) is 0. The van der Waals surface area contributed by atoms with Gasteiger partial charge in [0, 0.05) is 11.0 Å². The molecule has 0 fully saturated rings. The first-order chi connectivity index (χ1) is 10.8. The predicted molar refractivity (Wildman–Crippen MR) is 97.1 cm³/mol. The number of halogens is 2. The van der Waals surface area contributed by atoms with Gasteiger partial charge in [-0.25, -0.2) is 8.42 Å². The van der Waals surface area contributed by atoms with Crippen LogP contribution in [0.25, 0.3) is 0 Å². The minimum Gasteiger partial charge on any atom is -0.496 e. The second kappa shape index (κ2) is 7.11. The van der Waals surface area contributed by atoms with Gasteiger partial charge < -0.3 is 4.74 Å². The van der Waals surface area contributed by atoms with Gasteiger partial charge in [0.15, 0.2) is 0 Å². The standard InChI is InChI=1S/C16H17BrClNO3S/c1-4-19(12-5-7-14(17)15(18)10-12)23(20,21)13-6-8-16(22-3)11(2)9-13/h5-10H,4H2,1-3H3. The van der Waals surface area contributed by atoms with Crippen LogP contribution in [0.2, 0.25) is 5.02 Å². The lowest BCUT2D eigenvalue weighted by atomic mass is 10.2. The largest absolute Gasteiger partial charge is 0.496 e. The fourth-order valence-electron chi connectivity index (χ4n) is 2.27. The van der Waals surface area contributed by atoms with Crippen molar-refractivity contribution >= 4 is 43.2 Å². The van der Waals surface area contributed by atoms with Gasteiger partial charge in [0.2, 0.25) is 0 Å². The molecule has 4 nitrogen and oxygen atoms in total. The molecule has 2 rings (SSSR count). The van der Waals surface area contributed by atoms with E-state index in [0.717, 1.165) is 10.0 Å². The van der Waals surface area contributed by atoms with Crippen molar-refractivity contribution < 1.29 is 13.2 Å². The fourth-order valence-corrected chi connectivity index (χ4v) is 4.24. The fraction of sp³-hybridized carbons (Fsp3) is 0.250. The number of anilines is 1. The molecule has 124 valence electrons. The topological polar surface area (TPSA) is 46.6 Å². The summed E-state index contributed by atoms with van der Waals surface area (Å²) in [5.74, 6) is 0.652. The van der Waals surface area contributed by atoms with Crippen molar-refractivity contribution in [2.24, 2.45) is 0 Å². The van der Waals surface area contributed by atoms with Crippen LogP contribution in [-0.2, 0) is 10.0 Å². The number of ether oxygens (including phenoxy) is 1. The quantitative estimate of drug-likeness (QED) is 0.711. The van der Waals surface area contributed by atoms with Crippen molar-refractivity contribution in [2.75, 3.05) is 18.0 Å². The maximum absolute atomic E-state index is 12.9. The summed E-state index contributed by atoms with van der Waals surface area (Å²) < 4.78 is 33.1. The first-order valence-corrected chi connectivity index (χ1v) is 9.54. The Morgan fingerprint density at radius 3 is 2.43 bits per heavy atom. The van der Waals surface area contributed by atoms with Crippen molar-refractivity contribution in [3.05, 3.63) is 51.5 Å². The Morgan fingerprint density at radius 2 is 1.91 bits per heavy atom. The molecule has 0 atom stereocenters. The van der Waals surface area contributed by atoms with E-state index in [1.807, 2.05) is 6.92 Å². The third-order valence-electron chi connectivity index (χ3n) is 3.43. The predicted octanol–water partition coefficient (Wildman–Crippen LogP) is 4.63. The number of methoxy groups -OCH3 is 1. The molecule has 0 saturated carbocycles. The molecule has 0 aromatic heterocycles. The highest BCUT2D eigenvalue weighted by atomic mass is 79.9. The maximum atomic E-state index is 12.9. The minimum atomic E-state index is -3.68. The van der Waals surface area contributed by atoms with E-state index in [1.165, 1.54) is 4.31 Å². The summed E-state index contributed by atoms with van der Waals surface area (Å²) in [6, 6.07) is 9.89. The molecule has 0 aliphatic rings. The van der Waals surface area contributed by atoms with E-state index in [1.54, 1.807) is 50.4 Å². The van der Waals surface area contributed by atoms with Crippen LogP contribution in [-0.4, -0.2) is 22.1 Å². The van der Waals surface area contributed by atoms with Crippen LogP contribution in [0.15, 0.2) is 45.8 Å². The molecule has 23 heavy (non-hydrogen) atoms. The Morgan fingerprint density at radius 1 is 1.22 bits per heavy atom. The van der Waals surface area contributed by atoms with E-state index in [4.69, 9.17) is 16.3 Å². The Bertz CT molecular complexity index is 824. The van der Waals surface area contributed by atoms with E-state index >= 15 is 0 Å². The van der Waals surface area contributed by atoms with Crippen molar-refractivity contribution in [3.8, 4) is 5.75 Å². The number of benzene rings is 2. The second-order valence-corrected chi connectivity index (χ2v) is 8.02. The van der Waals surface area contributed by atoms with Gasteiger partial charge >= 0.3 is 0 Å². The van der Waals surface area contributed by atoms with E-state index in [2.05, 4.69) is 15.9 Å². The zero-order chi connectivity index (χ0) is 17.2. The van der Waals surface area contributed by atoms with Crippen LogP contribution in [0.4, 0.5) is 5.69 Å². The molecule has 0 radical (unpaired) electrons. The number of hydrogen-bond donors (Lipinski definition) is 0. The molecule has 0 N–H and O–H groups in total. The third-order valence-corrected chi connectivity index (χ3v) is 6.56. The van der Waals surface area contributed by atoms with Crippen LogP contribution < -0.4 is 9.04 Å². The molecule has 0 heterocycles. The SMILES string of the molecule is CCN(c1ccc(Br)c(Cl)c1)S(=O)(=O)c1ccc(OC)c(C)c1. The van der Waals surface area contributed by atoms with Gasteiger partial charge in [-0.15, -0.1) is 0 Å². The van der Waals surface area contributed by atoms with E-state index in [-0.39, 0.29) is 4.90 Å². The number of rotatable bonds is 5. The highest BCUT2D eigenvalue weighted by molar-refractivity contribution is 9.10. The Hall–Kier alpha value is -1.24. The average Bonchev–Trinajstić information content (AvgIpc) is 2.51. The molecular weight excluding hydrogens is 402 g/mol. The Balaban J connectivity index is 2.50. The smallest absolute Gasteiger partial charge is 0.264 e. The van der Waals surface area contributed by atoms with Crippen LogP contribution in [0, 0.1) is 6.92 Å². The number of nitrogens with zero attached hydrogens (tertiary/aromatic N) is 1. The minimum absolute atomic E-state index is 0.219. The molecule has 0 bridgehead atoms. The molecule has 7 heteroatoms. The molecule has 2 aromatic carbocycles. The summed E-state index contributed by atoms with van der Waals surface area (Å²) in [5.41, 5.74) is 1.28. The normalized spacial score (nSPS) is 11.3. The molecule has 0 spiro atoms. The Kier molecular flexibility index (Phi) is 5.60. The highest BCUT2D eigenvalue weighted by Crippen LogP contribution is 2.31. The molecule has 0 amide bonds. The zero-order valence-electron chi connectivity index (χ0n) is 13.0. The first kappa shape index (κ1) is 18.1. The number of hydrogen-bond acceptors (Lipinski definition) is 3. The van der Waals surface area contributed by atoms with Gasteiger partial charge in [0.1, 0.15) is 5.75 Å². The molecule has 2 aromatic rings. The monoisotopic (exact) mass is 417 g/mol. The van der Waals surface area contributed by atoms with Crippen molar-refractivity contribution in [1.82, 2.24) is 0 Å². The van der Waals surface area contributed by atoms with Crippen LogP contribution >= 0.6 is 27.5 Å². The van der Waals surface area contributed by atoms with E-state index in [0.29, 0.717) is 23.0 Å². The van der Waals surface area contributed by atoms with Gasteiger partial charge in [0.05, 0.1) is 22.7 Å². The lowest BCUT2D eigenvalue weighted by molar-refractivity contribution is 0.411. The first-order valence-electron chi connectivity index (χ1n) is 6.93. The second-order valence-electron chi connectivity index (χ2n) is 4.90. The van der Waals surface area contributed by atoms with Crippen LogP contribution in [0.5, 0.6) is 5.75 Å². The lowest BCUT2D eigenvalue weighted by Gasteiger charge is -2.23. The van der Waals surface area contributed by atoms with E-state index < -0.39 is 10.0 Å². The molecule has 0 unspecified atom stereocenters. The molecular formula is C16H17BrClNO3S. The van der Waals surface area contributed by atoms with Gasteiger partial charge in [-0.1, -0.05) is 11.6 Å². The maximum Gasteiger partial charge on any atom is 0.264 e. The van der Waals surface area contributed by atoms with E-state index in [9.17, 15) is 8.42 Å².